The number of nitro groups is 1. The highest BCUT2D eigenvalue weighted by Crippen LogP contribution is 2.44. The van der Waals surface area contributed by atoms with E-state index >= 15 is 0 Å². The number of carboxylic acid groups (broad SMARTS) is 1. The van der Waals surface area contributed by atoms with E-state index in [2.05, 4.69) is 11.1 Å². The standard InChI is InChI=1S/C20H15N3O5/c21-11-12-2-1-3-16-18(12)15-8-9-28-20(10-17(24)25,19(15)22-16)13-4-6-14(7-5-13)23(26)27/h1-7,22H,8-10H2,(H,24,25). The second kappa shape index (κ2) is 6.48. The van der Waals surface area contributed by atoms with Crippen molar-refractivity contribution >= 4 is 22.6 Å². The van der Waals surface area contributed by atoms with Crippen molar-refractivity contribution in [1.29, 1.82) is 5.26 Å². The van der Waals surface area contributed by atoms with Gasteiger partial charge in [0, 0.05) is 23.0 Å². The molecule has 0 amide bonds. The highest BCUT2D eigenvalue weighted by atomic mass is 16.6. The number of nitrogens with zero attached hydrogens (tertiary/aromatic N) is 2. The van der Waals surface area contributed by atoms with Crippen LogP contribution in [0.5, 0.6) is 0 Å². The molecule has 1 aliphatic rings. The molecule has 2 aromatic carbocycles. The Morgan fingerprint density at radius 1 is 1.32 bits per heavy atom. The highest BCUT2D eigenvalue weighted by Gasteiger charge is 2.44. The first-order chi connectivity index (χ1) is 13.5. The summed E-state index contributed by atoms with van der Waals surface area (Å²) < 4.78 is 6.03. The van der Waals surface area contributed by atoms with Crippen LogP contribution in [-0.2, 0) is 21.6 Å². The number of nitro benzene ring substituents is 1. The average Bonchev–Trinajstić information content (AvgIpc) is 3.08. The second-order valence-corrected chi connectivity index (χ2v) is 6.62. The maximum Gasteiger partial charge on any atom is 0.307 e. The number of aromatic amines is 1. The highest BCUT2D eigenvalue weighted by molar-refractivity contribution is 5.91. The number of ether oxygens (including phenoxy) is 1. The van der Waals surface area contributed by atoms with Crippen LogP contribution >= 0.6 is 0 Å². The number of benzene rings is 2. The summed E-state index contributed by atoms with van der Waals surface area (Å²) >= 11 is 0. The van der Waals surface area contributed by atoms with Gasteiger partial charge >= 0.3 is 5.97 Å². The van der Waals surface area contributed by atoms with Crippen molar-refractivity contribution in [1.82, 2.24) is 4.98 Å². The molecule has 0 aliphatic carbocycles. The molecular weight excluding hydrogens is 362 g/mol. The van der Waals surface area contributed by atoms with Crippen molar-refractivity contribution in [3.05, 3.63) is 75.0 Å². The lowest BCUT2D eigenvalue weighted by Crippen LogP contribution is -2.39. The maximum atomic E-state index is 11.7. The van der Waals surface area contributed by atoms with Crippen LogP contribution in [0.3, 0.4) is 0 Å². The first-order valence-corrected chi connectivity index (χ1v) is 8.61. The topological polar surface area (TPSA) is 129 Å². The van der Waals surface area contributed by atoms with Crippen LogP contribution in [-0.4, -0.2) is 27.6 Å². The summed E-state index contributed by atoms with van der Waals surface area (Å²) in [4.78, 5) is 25.4. The summed E-state index contributed by atoms with van der Waals surface area (Å²) in [7, 11) is 0. The number of aliphatic carboxylic acids is 1. The van der Waals surface area contributed by atoms with Crippen molar-refractivity contribution in [2.75, 3.05) is 6.61 Å². The first-order valence-electron chi connectivity index (χ1n) is 8.61. The Labute approximate surface area is 159 Å². The zero-order valence-corrected chi connectivity index (χ0v) is 14.6. The Hall–Kier alpha value is -3.70. The van der Waals surface area contributed by atoms with Gasteiger partial charge in [-0.15, -0.1) is 0 Å². The molecule has 0 spiro atoms. The van der Waals surface area contributed by atoms with E-state index in [9.17, 15) is 25.3 Å². The van der Waals surface area contributed by atoms with Gasteiger partial charge in [-0.3, -0.25) is 14.9 Å². The second-order valence-electron chi connectivity index (χ2n) is 6.62. The molecule has 1 aromatic heterocycles. The van der Waals surface area contributed by atoms with E-state index in [4.69, 9.17) is 4.74 Å². The van der Waals surface area contributed by atoms with Gasteiger partial charge in [-0.05, 0) is 41.8 Å². The Kier molecular flexibility index (Phi) is 4.09. The molecule has 3 aromatic rings. The summed E-state index contributed by atoms with van der Waals surface area (Å²) in [5.41, 5.74) is 1.75. The van der Waals surface area contributed by atoms with E-state index in [-0.39, 0.29) is 18.7 Å². The molecule has 0 saturated carbocycles. The third kappa shape index (κ3) is 2.61. The van der Waals surface area contributed by atoms with E-state index in [0.29, 0.717) is 23.2 Å². The van der Waals surface area contributed by atoms with Gasteiger partial charge < -0.3 is 14.8 Å². The molecule has 1 atom stereocenters. The van der Waals surface area contributed by atoms with E-state index in [1.54, 1.807) is 12.1 Å². The number of non-ortho nitro benzene ring substituents is 1. The number of H-pyrrole nitrogens is 1. The molecule has 2 heterocycles. The summed E-state index contributed by atoms with van der Waals surface area (Å²) in [6.45, 7) is 0.268. The Morgan fingerprint density at radius 2 is 2.07 bits per heavy atom. The van der Waals surface area contributed by atoms with Gasteiger partial charge in [0.1, 0.15) is 5.60 Å². The van der Waals surface area contributed by atoms with Gasteiger partial charge in [-0.2, -0.15) is 5.26 Å². The first kappa shape index (κ1) is 17.7. The summed E-state index contributed by atoms with van der Waals surface area (Å²) in [6, 6.07) is 13.2. The zero-order chi connectivity index (χ0) is 19.9. The van der Waals surface area contributed by atoms with Gasteiger partial charge in [0.15, 0.2) is 0 Å². The van der Waals surface area contributed by atoms with Crippen LogP contribution in [0.25, 0.3) is 10.9 Å². The Morgan fingerprint density at radius 3 is 2.71 bits per heavy atom. The molecule has 8 nitrogen and oxygen atoms in total. The minimum absolute atomic E-state index is 0.0892. The predicted molar refractivity (Wildman–Crippen MR) is 98.8 cm³/mol. The normalized spacial score (nSPS) is 18.4. The quantitative estimate of drug-likeness (QED) is 0.530. The minimum Gasteiger partial charge on any atom is -0.481 e. The molecule has 0 saturated heterocycles. The smallest absolute Gasteiger partial charge is 0.307 e. The zero-order valence-electron chi connectivity index (χ0n) is 14.6. The van der Waals surface area contributed by atoms with Crippen LogP contribution in [0, 0.1) is 21.4 Å². The lowest BCUT2D eigenvalue weighted by molar-refractivity contribution is -0.384. The van der Waals surface area contributed by atoms with Crippen molar-refractivity contribution in [3.8, 4) is 6.07 Å². The predicted octanol–water partition coefficient (Wildman–Crippen LogP) is 3.24. The van der Waals surface area contributed by atoms with Gasteiger partial charge in [-0.1, -0.05) is 6.07 Å². The van der Waals surface area contributed by atoms with Crippen LogP contribution in [0.15, 0.2) is 42.5 Å². The summed E-state index contributed by atoms with van der Waals surface area (Å²) in [6.07, 6.45) is 0.175. The van der Waals surface area contributed by atoms with Gasteiger partial charge in [-0.25, -0.2) is 0 Å². The molecule has 140 valence electrons. The summed E-state index contributed by atoms with van der Waals surface area (Å²) in [5, 5.41) is 30.8. The molecule has 8 heteroatoms. The molecule has 0 radical (unpaired) electrons. The number of hydrogen-bond donors (Lipinski definition) is 2. The van der Waals surface area contributed by atoms with Gasteiger partial charge in [0.05, 0.1) is 35.3 Å². The van der Waals surface area contributed by atoms with Crippen molar-refractivity contribution in [2.24, 2.45) is 0 Å². The lowest BCUT2D eigenvalue weighted by atomic mass is 9.82. The molecule has 28 heavy (non-hydrogen) atoms. The number of aromatic nitrogens is 1. The summed E-state index contributed by atoms with van der Waals surface area (Å²) in [5.74, 6) is -1.06. The van der Waals surface area contributed by atoms with E-state index < -0.39 is 16.5 Å². The number of hydrogen-bond acceptors (Lipinski definition) is 5. The molecule has 4 rings (SSSR count). The van der Waals surface area contributed by atoms with E-state index in [1.165, 1.54) is 24.3 Å². The van der Waals surface area contributed by atoms with Crippen molar-refractivity contribution in [3.63, 3.8) is 0 Å². The average molecular weight is 377 g/mol. The van der Waals surface area contributed by atoms with Crippen molar-refractivity contribution in [2.45, 2.75) is 18.4 Å². The molecule has 0 bridgehead atoms. The molecule has 2 N–H and O–H groups in total. The number of rotatable bonds is 4. The number of nitrogens with one attached hydrogen (secondary N) is 1. The fourth-order valence-corrected chi connectivity index (χ4v) is 3.94. The Bertz CT molecular complexity index is 1140. The third-order valence-corrected chi connectivity index (χ3v) is 5.10. The minimum atomic E-state index is -1.32. The SMILES string of the molecule is N#Cc1cccc2[nH]c3c(c12)CCOC3(CC(=O)O)c1ccc([N+](=O)[O-])cc1. The Balaban J connectivity index is 1.98. The van der Waals surface area contributed by atoms with Gasteiger partial charge in [0.2, 0.25) is 0 Å². The van der Waals surface area contributed by atoms with Crippen LogP contribution < -0.4 is 0 Å². The van der Waals surface area contributed by atoms with Crippen LogP contribution in [0.1, 0.15) is 28.8 Å². The molecule has 1 aliphatic heterocycles. The number of carboxylic acids is 1. The maximum absolute atomic E-state index is 11.7. The van der Waals surface area contributed by atoms with E-state index in [1.807, 2.05) is 6.07 Å². The fourth-order valence-electron chi connectivity index (χ4n) is 3.94. The van der Waals surface area contributed by atoms with E-state index in [0.717, 1.165) is 16.5 Å². The van der Waals surface area contributed by atoms with Crippen LogP contribution in [0.2, 0.25) is 0 Å². The molecular formula is C20H15N3O5. The molecule has 0 fully saturated rings. The largest absolute Gasteiger partial charge is 0.481 e. The van der Waals surface area contributed by atoms with Gasteiger partial charge in [0.25, 0.3) is 5.69 Å². The fraction of sp³-hybridized carbons (Fsp3) is 0.200. The lowest BCUT2D eigenvalue weighted by Gasteiger charge is -2.36. The monoisotopic (exact) mass is 377 g/mol. The van der Waals surface area contributed by atoms with Crippen LogP contribution in [0.4, 0.5) is 5.69 Å². The number of fused-ring (bicyclic) bond motifs is 3. The third-order valence-electron chi connectivity index (χ3n) is 5.10. The molecule has 1 unspecified atom stereocenters. The number of carbonyl (C=O) groups is 1. The number of nitriles is 1. The van der Waals surface area contributed by atoms with Crippen molar-refractivity contribution < 1.29 is 19.6 Å².